The van der Waals surface area contributed by atoms with Crippen LogP contribution in [0.25, 0.3) is 0 Å². The van der Waals surface area contributed by atoms with Gasteiger partial charge in [0.05, 0.1) is 18.4 Å². The zero-order valence-electron chi connectivity index (χ0n) is 13.6. The average molecular weight is 322 g/mol. The molecule has 22 heavy (non-hydrogen) atoms. The first-order valence-electron chi connectivity index (χ1n) is 7.95. The lowest BCUT2D eigenvalue weighted by Crippen LogP contribution is -2.41. The molecule has 1 saturated heterocycles. The molecule has 6 heteroatoms. The number of aryl methyl sites for hydroxylation is 3. The van der Waals surface area contributed by atoms with Crippen molar-refractivity contribution in [3.8, 4) is 0 Å². The zero-order valence-corrected chi connectivity index (χ0v) is 14.3. The molecule has 1 aliphatic heterocycles. The van der Waals surface area contributed by atoms with Crippen LogP contribution in [-0.2, 0) is 20.1 Å². The molecular weight excluding hydrogens is 298 g/mol. The molecule has 0 saturated carbocycles. The van der Waals surface area contributed by atoms with Crippen LogP contribution in [0.15, 0.2) is 12.4 Å². The van der Waals surface area contributed by atoms with Gasteiger partial charge in [0.1, 0.15) is 5.15 Å². The third-order valence-corrected chi connectivity index (χ3v) is 5.01. The van der Waals surface area contributed by atoms with Crippen molar-refractivity contribution < 1.29 is 0 Å². The Morgan fingerprint density at radius 3 is 2.77 bits per heavy atom. The molecule has 1 aliphatic rings. The monoisotopic (exact) mass is 321 g/mol. The SMILES string of the molecule is Cc1cnn(C[C@@H]2CCCCN2Cc2c(C)nn(C)c2Cl)c1. The highest BCUT2D eigenvalue weighted by Gasteiger charge is 2.25. The fourth-order valence-electron chi connectivity index (χ4n) is 3.31. The van der Waals surface area contributed by atoms with Gasteiger partial charge in [0.15, 0.2) is 0 Å². The highest BCUT2D eigenvalue weighted by molar-refractivity contribution is 6.30. The minimum atomic E-state index is 0.517. The molecule has 0 aromatic carbocycles. The molecule has 0 amide bonds. The largest absolute Gasteiger partial charge is 0.294 e. The van der Waals surface area contributed by atoms with Crippen LogP contribution in [0.3, 0.4) is 0 Å². The van der Waals surface area contributed by atoms with Crippen molar-refractivity contribution in [2.45, 2.75) is 52.2 Å². The van der Waals surface area contributed by atoms with E-state index in [0.29, 0.717) is 6.04 Å². The summed E-state index contributed by atoms with van der Waals surface area (Å²) in [5.41, 5.74) is 3.41. The molecule has 0 spiro atoms. The Hall–Kier alpha value is -1.33. The van der Waals surface area contributed by atoms with Crippen molar-refractivity contribution in [3.63, 3.8) is 0 Å². The van der Waals surface area contributed by atoms with Crippen molar-refractivity contribution in [3.05, 3.63) is 34.4 Å². The lowest BCUT2D eigenvalue weighted by atomic mass is 10.0. The van der Waals surface area contributed by atoms with Gasteiger partial charge in [-0.05, 0) is 38.8 Å². The number of likely N-dealkylation sites (tertiary alicyclic amines) is 1. The molecule has 120 valence electrons. The summed E-state index contributed by atoms with van der Waals surface area (Å²) in [4.78, 5) is 2.54. The molecule has 0 unspecified atom stereocenters. The van der Waals surface area contributed by atoms with Crippen molar-refractivity contribution in [1.82, 2.24) is 24.5 Å². The van der Waals surface area contributed by atoms with Gasteiger partial charge in [-0.2, -0.15) is 10.2 Å². The number of aromatic nitrogens is 4. The van der Waals surface area contributed by atoms with Gasteiger partial charge in [0, 0.05) is 31.4 Å². The Morgan fingerprint density at radius 1 is 1.32 bits per heavy atom. The smallest absolute Gasteiger partial charge is 0.131 e. The van der Waals surface area contributed by atoms with Crippen molar-refractivity contribution in [1.29, 1.82) is 0 Å². The summed E-state index contributed by atoms with van der Waals surface area (Å²) >= 11 is 6.40. The molecule has 1 atom stereocenters. The van der Waals surface area contributed by atoms with Gasteiger partial charge in [-0.1, -0.05) is 18.0 Å². The highest BCUT2D eigenvalue weighted by Crippen LogP contribution is 2.25. The number of halogens is 1. The predicted molar refractivity (Wildman–Crippen MR) is 88.0 cm³/mol. The molecule has 1 fully saturated rings. The van der Waals surface area contributed by atoms with Crippen molar-refractivity contribution in [2.75, 3.05) is 6.54 Å². The van der Waals surface area contributed by atoms with Crippen LogP contribution in [0.5, 0.6) is 0 Å². The predicted octanol–water partition coefficient (Wildman–Crippen LogP) is 2.94. The molecule has 0 N–H and O–H groups in total. The Labute approximate surface area is 136 Å². The summed E-state index contributed by atoms with van der Waals surface area (Å²) in [6.07, 6.45) is 7.81. The average Bonchev–Trinajstić information content (AvgIpc) is 2.99. The van der Waals surface area contributed by atoms with E-state index in [1.165, 1.54) is 24.8 Å². The molecule has 3 rings (SSSR count). The van der Waals surface area contributed by atoms with Crippen molar-refractivity contribution >= 4 is 11.6 Å². The molecule has 5 nitrogen and oxygen atoms in total. The van der Waals surface area contributed by atoms with Crippen LogP contribution in [0.4, 0.5) is 0 Å². The van der Waals surface area contributed by atoms with Gasteiger partial charge in [0.25, 0.3) is 0 Å². The highest BCUT2D eigenvalue weighted by atomic mass is 35.5. The number of hydrogen-bond acceptors (Lipinski definition) is 3. The third kappa shape index (κ3) is 3.20. The van der Waals surface area contributed by atoms with E-state index in [0.717, 1.165) is 36.0 Å². The van der Waals surface area contributed by atoms with Crippen LogP contribution >= 0.6 is 11.6 Å². The number of nitrogens with zero attached hydrogens (tertiary/aromatic N) is 5. The lowest BCUT2D eigenvalue weighted by Gasteiger charge is -2.35. The van der Waals surface area contributed by atoms with Crippen LogP contribution in [0.2, 0.25) is 5.15 Å². The fourth-order valence-corrected chi connectivity index (χ4v) is 3.55. The number of rotatable bonds is 4. The topological polar surface area (TPSA) is 38.9 Å². The first kappa shape index (κ1) is 15.6. The lowest BCUT2D eigenvalue weighted by molar-refractivity contribution is 0.121. The molecule has 0 radical (unpaired) electrons. The molecule has 2 aromatic rings. The Kier molecular flexibility index (Phi) is 4.54. The third-order valence-electron chi connectivity index (χ3n) is 4.54. The summed E-state index contributed by atoms with van der Waals surface area (Å²) < 4.78 is 3.83. The first-order valence-corrected chi connectivity index (χ1v) is 8.33. The second-order valence-corrected chi connectivity index (χ2v) is 6.70. The van der Waals surface area contributed by atoms with Gasteiger partial charge in [-0.3, -0.25) is 14.3 Å². The van der Waals surface area contributed by atoms with Gasteiger partial charge in [0.2, 0.25) is 0 Å². The second-order valence-electron chi connectivity index (χ2n) is 6.34. The molecule has 0 bridgehead atoms. The minimum absolute atomic E-state index is 0.517. The molecule has 2 aromatic heterocycles. The van der Waals surface area contributed by atoms with E-state index in [1.54, 1.807) is 4.68 Å². The Balaban J connectivity index is 1.74. The van der Waals surface area contributed by atoms with E-state index in [4.69, 9.17) is 11.6 Å². The molecular formula is C16H24ClN5. The zero-order chi connectivity index (χ0) is 15.7. The van der Waals surface area contributed by atoms with Crippen LogP contribution < -0.4 is 0 Å². The maximum Gasteiger partial charge on any atom is 0.131 e. The summed E-state index contributed by atoms with van der Waals surface area (Å²) in [5.74, 6) is 0. The molecule has 3 heterocycles. The van der Waals surface area contributed by atoms with Crippen LogP contribution in [-0.4, -0.2) is 37.0 Å². The summed E-state index contributed by atoms with van der Waals surface area (Å²) in [5, 5.41) is 9.63. The van der Waals surface area contributed by atoms with E-state index in [2.05, 4.69) is 32.9 Å². The van der Waals surface area contributed by atoms with E-state index >= 15 is 0 Å². The maximum atomic E-state index is 6.40. The van der Waals surface area contributed by atoms with E-state index in [9.17, 15) is 0 Å². The normalized spacial score (nSPS) is 19.7. The summed E-state index contributed by atoms with van der Waals surface area (Å²) in [6.45, 7) is 7.07. The van der Waals surface area contributed by atoms with E-state index in [1.807, 2.05) is 20.2 Å². The van der Waals surface area contributed by atoms with Crippen LogP contribution in [0.1, 0.15) is 36.1 Å². The first-order chi connectivity index (χ1) is 10.5. The number of piperidine rings is 1. The van der Waals surface area contributed by atoms with Gasteiger partial charge in [-0.15, -0.1) is 0 Å². The second kappa shape index (κ2) is 6.42. The van der Waals surface area contributed by atoms with Gasteiger partial charge in [-0.25, -0.2) is 0 Å². The minimum Gasteiger partial charge on any atom is -0.294 e. The van der Waals surface area contributed by atoms with E-state index in [-0.39, 0.29) is 0 Å². The Bertz CT molecular complexity index is 645. The van der Waals surface area contributed by atoms with Crippen molar-refractivity contribution in [2.24, 2.45) is 7.05 Å². The van der Waals surface area contributed by atoms with Gasteiger partial charge < -0.3 is 0 Å². The maximum absolute atomic E-state index is 6.40. The fraction of sp³-hybridized carbons (Fsp3) is 0.625. The Morgan fingerprint density at radius 2 is 2.14 bits per heavy atom. The van der Waals surface area contributed by atoms with Gasteiger partial charge >= 0.3 is 0 Å². The number of hydrogen-bond donors (Lipinski definition) is 0. The standard InChI is InChI=1S/C16H24ClN5/c1-12-8-18-22(9-12)10-14-6-4-5-7-21(14)11-15-13(2)19-20(3)16(15)17/h8-9,14H,4-7,10-11H2,1-3H3/t14-/m0/s1. The van der Waals surface area contributed by atoms with E-state index < -0.39 is 0 Å². The quantitative estimate of drug-likeness (QED) is 0.869. The summed E-state index contributed by atoms with van der Waals surface area (Å²) in [7, 11) is 1.90. The summed E-state index contributed by atoms with van der Waals surface area (Å²) in [6, 6.07) is 0.517. The molecule has 0 aliphatic carbocycles. The van der Waals surface area contributed by atoms with Crippen LogP contribution in [0, 0.1) is 13.8 Å².